The Labute approximate surface area is 133 Å². The molecule has 22 heavy (non-hydrogen) atoms. The van der Waals surface area contributed by atoms with Crippen molar-refractivity contribution in [2.45, 2.75) is 20.4 Å². The van der Waals surface area contributed by atoms with Crippen LogP contribution in [0.15, 0.2) is 29.6 Å². The summed E-state index contributed by atoms with van der Waals surface area (Å²) in [5.74, 6) is -0.508. The maximum Gasteiger partial charge on any atom is 0.275 e. The molecule has 0 bridgehead atoms. The predicted molar refractivity (Wildman–Crippen MR) is 88.2 cm³/mol. The van der Waals surface area contributed by atoms with Crippen molar-refractivity contribution in [1.29, 1.82) is 0 Å². The van der Waals surface area contributed by atoms with Crippen LogP contribution in [0, 0.1) is 0 Å². The van der Waals surface area contributed by atoms with E-state index in [1.54, 1.807) is 5.38 Å². The zero-order valence-electron chi connectivity index (χ0n) is 12.5. The van der Waals surface area contributed by atoms with Gasteiger partial charge in [-0.25, -0.2) is 4.98 Å². The number of nitrogens with one attached hydrogen (secondary N) is 3. The second-order valence-electron chi connectivity index (χ2n) is 4.65. The molecular weight excluding hydrogens is 300 g/mol. The van der Waals surface area contributed by atoms with E-state index in [2.05, 4.69) is 20.9 Å². The Hall–Kier alpha value is -2.25. The molecule has 2 aromatic rings. The average molecular weight is 318 g/mol. The van der Waals surface area contributed by atoms with Crippen molar-refractivity contribution in [3.8, 4) is 0 Å². The number of nitrogens with zero attached hydrogens (tertiary/aromatic N) is 1. The first-order chi connectivity index (χ1) is 10.6. The second kappa shape index (κ2) is 7.67. The summed E-state index contributed by atoms with van der Waals surface area (Å²) < 4.78 is 0. The summed E-state index contributed by atoms with van der Waals surface area (Å²) in [6.45, 7) is 5.09. The van der Waals surface area contributed by atoms with E-state index in [0.717, 1.165) is 24.3 Å². The molecule has 0 radical (unpaired) electrons. The zero-order chi connectivity index (χ0) is 15.9. The van der Waals surface area contributed by atoms with Crippen molar-refractivity contribution >= 4 is 34.0 Å². The molecule has 7 heteroatoms. The van der Waals surface area contributed by atoms with E-state index in [1.807, 2.05) is 31.2 Å². The van der Waals surface area contributed by atoms with Crippen molar-refractivity contribution < 1.29 is 9.59 Å². The monoisotopic (exact) mass is 318 g/mol. The fourth-order valence-electron chi connectivity index (χ4n) is 1.81. The molecule has 0 aliphatic heterocycles. The number of thiazole rings is 1. The third-order valence-corrected chi connectivity index (χ3v) is 3.54. The highest BCUT2D eigenvalue weighted by Gasteiger charge is 2.11. The van der Waals surface area contributed by atoms with Gasteiger partial charge in [-0.1, -0.05) is 19.1 Å². The minimum absolute atomic E-state index is 0.211. The molecule has 6 nitrogen and oxygen atoms in total. The van der Waals surface area contributed by atoms with Gasteiger partial charge in [-0.15, -0.1) is 11.3 Å². The van der Waals surface area contributed by atoms with Crippen LogP contribution < -0.4 is 16.0 Å². The predicted octanol–water partition coefficient (Wildman–Crippen LogP) is 2.46. The first kappa shape index (κ1) is 16.1. The SMILES string of the molecule is CCNCc1cccc(NC(=O)c2csc(NC(C)=O)n2)c1. The summed E-state index contributed by atoms with van der Waals surface area (Å²) in [6, 6.07) is 7.64. The van der Waals surface area contributed by atoms with Gasteiger partial charge in [0.1, 0.15) is 5.69 Å². The first-order valence-electron chi connectivity index (χ1n) is 6.92. The Morgan fingerprint density at radius 3 is 2.82 bits per heavy atom. The molecule has 0 saturated carbocycles. The highest BCUT2D eigenvalue weighted by Crippen LogP contribution is 2.17. The third kappa shape index (κ3) is 4.64. The van der Waals surface area contributed by atoms with Crippen LogP contribution in [0.5, 0.6) is 0 Å². The van der Waals surface area contributed by atoms with Gasteiger partial charge >= 0.3 is 0 Å². The minimum Gasteiger partial charge on any atom is -0.321 e. The molecule has 2 rings (SSSR count). The molecule has 0 saturated heterocycles. The molecule has 0 fully saturated rings. The molecule has 1 aromatic carbocycles. The number of amides is 2. The minimum atomic E-state index is -0.298. The first-order valence-corrected chi connectivity index (χ1v) is 7.80. The number of hydrogen-bond donors (Lipinski definition) is 3. The molecule has 0 unspecified atom stereocenters. The van der Waals surface area contributed by atoms with Gasteiger partial charge in [-0.3, -0.25) is 9.59 Å². The van der Waals surface area contributed by atoms with Gasteiger partial charge in [0.15, 0.2) is 5.13 Å². The van der Waals surface area contributed by atoms with Crippen LogP contribution in [0.25, 0.3) is 0 Å². The number of benzene rings is 1. The van der Waals surface area contributed by atoms with E-state index in [-0.39, 0.29) is 17.5 Å². The molecule has 0 spiro atoms. The standard InChI is InChI=1S/C15H18N4O2S/c1-3-16-8-11-5-4-6-12(7-11)18-14(21)13-9-22-15(19-13)17-10(2)20/h4-7,9,16H,3,8H2,1-2H3,(H,18,21)(H,17,19,20). The Kier molecular flexibility index (Phi) is 5.62. The Balaban J connectivity index is 2.02. The number of hydrogen-bond acceptors (Lipinski definition) is 5. The lowest BCUT2D eigenvalue weighted by Gasteiger charge is -2.06. The lowest BCUT2D eigenvalue weighted by molar-refractivity contribution is -0.114. The summed E-state index contributed by atoms with van der Waals surface area (Å²) in [5.41, 5.74) is 2.09. The molecule has 0 aliphatic rings. The topological polar surface area (TPSA) is 83.1 Å². The summed E-state index contributed by atoms with van der Waals surface area (Å²) in [5, 5.41) is 10.6. The van der Waals surface area contributed by atoms with Crippen LogP contribution in [0.2, 0.25) is 0 Å². The van der Waals surface area contributed by atoms with Crippen LogP contribution in [0.4, 0.5) is 10.8 Å². The van der Waals surface area contributed by atoms with Crippen LogP contribution in [0.1, 0.15) is 29.9 Å². The molecule has 1 heterocycles. The van der Waals surface area contributed by atoms with Crippen molar-refractivity contribution in [2.24, 2.45) is 0 Å². The van der Waals surface area contributed by atoms with Crippen molar-refractivity contribution in [3.63, 3.8) is 0 Å². The highest BCUT2D eigenvalue weighted by atomic mass is 32.1. The number of carbonyl (C=O) groups excluding carboxylic acids is 2. The van der Waals surface area contributed by atoms with Gasteiger partial charge in [0.25, 0.3) is 5.91 Å². The molecule has 0 atom stereocenters. The number of carbonyl (C=O) groups is 2. The zero-order valence-corrected chi connectivity index (χ0v) is 13.3. The fourth-order valence-corrected chi connectivity index (χ4v) is 2.55. The van der Waals surface area contributed by atoms with E-state index in [9.17, 15) is 9.59 Å². The largest absolute Gasteiger partial charge is 0.321 e. The van der Waals surface area contributed by atoms with Gasteiger partial charge in [-0.2, -0.15) is 0 Å². The quantitative estimate of drug-likeness (QED) is 0.764. The Morgan fingerprint density at radius 1 is 1.27 bits per heavy atom. The maximum absolute atomic E-state index is 12.1. The lowest BCUT2D eigenvalue weighted by Crippen LogP contribution is -2.14. The molecule has 116 valence electrons. The second-order valence-corrected chi connectivity index (χ2v) is 5.51. The van der Waals surface area contributed by atoms with Crippen LogP contribution in [0.3, 0.4) is 0 Å². The van der Waals surface area contributed by atoms with E-state index < -0.39 is 0 Å². The highest BCUT2D eigenvalue weighted by molar-refractivity contribution is 7.14. The number of rotatable bonds is 6. The van der Waals surface area contributed by atoms with Gasteiger partial charge in [-0.05, 0) is 24.2 Å². The average Bonchev–Trinajstić information content (AvgIpc) is 2.93. The Morgan fingerprint density at radius 2 is 2.09 bits per heavy atom. The van der Waals surface area contributed by atoms with Gasteiger partial charge < -0.3 is 16.0 Å². The van der Waals surface area contributed by atoms with Crippen LogP contribution >= 0.6 is 11.3 Å². The van der Waals surface area contributed by atoms with Crippen molar-refractivity contribution in [1.82, 2.24) is 10.3 Å². The van der Waals surface area contributed by atoms with Gasteiger partial charge in [0.2, 0.25) is 5.91 Å². The third-order valence-electron chi connectivity index (χ3n) is 2.78. The number of anilines is 2. The smallest absolute Gasteiger partial charge is 0.275 e. The van der Waals surface area contributed by atoms with Crippen LogP contribution in [-0.4, -0.2) is 23.3 Å². The van der Waals surface area contributed by atoms with E-state index in [4.69, 9.17) is 0 Å². The maximum atomic E-state index is 12.1. The summed E-state index contributed by atoms with van der Waals surface area (Å²) in [6.07, 6.45) is 0. The van der Waals surface area contributed by atoms with E-state index in [0.29, 0.717) is 5.13 Å². The van der Waals surface area contributed by atoms with E-state index >= 15 is 0 Å². The van der Waals surface area contributed by atoms with Gasteiger partial charge in [0.05, 0.1) is 0 Å². The Bertz CT molecular complexity index is 669. The fraction of sp³-hybridized carbons (Fsp3) is 0.267. The van der Waals surface area contributed by atoms with Crippen molar-refractivity contribution in [2.75, 3.05) is 17.2 Å². The summed E-state index contributed by atoms with van der Waals surface area (Å²) in [4.78, 5) is 27.2. The molecule has 1 aromatic heterocycles. The van der Waals surface area contributed by atoms with Crippen LogP contribution in [-0.2, 0) is 11.3 Å². The van der Waals surface area contributed by atoms with E-state index in [1.165, 1.54) is 18.3 Å². The van der Waals surface area contributed by atoms with Crippen molar-refractivity contribution in [3.05, 3.63) is 40.9 Å². The molecule has 0 aliphatic carbocycles. The lowest BCUT2D eigenvalue weighted by atomic mass is 10.2. The summed E-state index contributed by atoms with van der Waals surface area (Å²) in [7, 11) is 0. The molecule has 2 amide bonds. The summed E-state index contributed by atoms with van der Waals surface area (Å²) >= 11 is 1.22. The normalized spacial score (nSPS) is 10.3. The molecule has 3 N–H and O–H groups in total. The number of aromatic nitrogens is 1. The van der Waals surface area contributed by atoms with Gasteiger partial charge in [0, 0.05) is 24.5 Å². The molecular formula is C15H18N4O2S.